The summed E-state index contributed by atoms with van der Waals surface area (Å²) in [7, 11) is 0. The van der Waals surface area contributed by atoms with Gasteiger partial charge >= 0.3 is 6.09 Å². The largest absolute Gasteiger partial charge is 0.444 e. The van der Waals surface area contributed by atoms with Crippen molar-refractivity contribution in [2.45, 2.75) is 37.3 Å². The second kappa shape index (κ2) is 5.95. The van der Waals surface area contributed by atoms with Crippen LogP contribution in [-0.2, 0) is 4.74 Å². The van der Waals surface area contributed by atoms with E-state index >= 15 is 0 Å². The maximum absolute atomic E-state index is 11.8. The molecule has 0 saturated carbocycles. The molecule has 0 bridgehead atoms. The number of carbonyl (C=O) groups excluding carboxylic acids is 1. The van der Waals surface area contributed by atoms with Crippen LogP contribution in [0, 0.1) is 0 Å². The molecule has 0 spiro atoms. The fourth-order valence-electron chi connectivity index (χ4n) is 1.97. The van der Waals surface area contributed by atoms with Crippen LogP contribution in [0.1, 0.15) is 20.8 Å². The molecule has 1 fully saturated rings. The number of ether oxygens (including phenoxy) is 1. The Morgan fingerprint density at radius 2 is 1.90 bits per heavy atom. The van der Waals surface area contributed by atoms with Crippen molar-refractivity contribution in [3.8, 4) is 0 Å². The highest BCUT2D eigenvalue weighted by molar-refractivity contribution is 7.98. The second-order valence-electron chi connectivity index (χ2n) is 5.96. The first-order valence-electron chi connectivity index (χ1n) is 6.76. The molecule has 1 amide bonds. The summed E-state index contributed by atoms with van der Waals surface area (Å²) in [5.41, 5.74) is 0.667. The Labute approximate surface area is 124 Å². The van der Waals surface area contributed by atoms with Crippen molar-refractivity contribution >= 4 is 23.5 Å². The zero-order valence-electron chi connectivity index (χ0n) is 12.5. The maximum atomic E-state index is 11.8. The second-order valence-corrected chi connectivity index (χ2v) is 6.83. The number of hydrogen-bond acceptors (Lipinski definition) is 4. The SMILES string of the molecule is CSc1ccc(NC2CN(C(=O)OC(C)(C)C)C2)cc1. The first kappa shape index (κ1) is 15.0. The van der Waals surface area contributed by atoms with Crippen LogP contribution in [0.4, 0.5) is 10.5 Å². The summed E-state index contributed by atoms with van der Waals surface area (Å²) in [5.74, 6) is 0. The van der Waals surface area contributed by atoms with Gasteiger partial charge < -0.3 is 15.0 Å². The fourth-order valence-corrected chi connectivity index (χ4v) is 2.38. The van der Waals surface area contributed by atoms with Gasteiger partial charge in [0, 0.05) is 23.7 Å². The average molecular weight is 294 g/mol. The molecule has 0 aromatic heterocycles. The first-order valence-corrected chi connectivity index (χ1v) is 7.98. The number of hydrogen-bond donors (Lipinski definition) is 1. The maximum Gasteiger partial charge on any atom is 0.410 e. The fraction of sp³-hybridized carbons (Fsp3) is 0.533. The highest BCUT2D eigenvalue weighted by Gasteiger charge is 2.33. The summed E-state index contributed by atoms with van der Waals surface area (Å²) in [6, 6.07) is 8.64. The van der Waals surface area contributed by atoms with E-state index < -0.39 is 5.60 Å². The molecule has 0 radical (unpaired) electrons. The minimum Gasteiger partial charge on any atom is -0.444 e. The van der Waals surface area contributed by atoms with E-state index in [4.69, 9.17) is 4.74 Å². The first-order chi connectivity index (χ1) is 9.37. The molecule has 0 aliphatic carbocycles. The van der Waals surface area contributed by atoms with Crippen molar-refractivity contribution in [2.24, 2.45) is 0 Å². The molecule has 1 aromatic rings. The van der Waals surface area contributed by atoms with Gasteiger partial charge in [-0.1, -0.05) is 0 Å². The van der Waals surface area contributed by atoms with Crippen molar-refractivity contribution in [1.29, 1.82) is 0 Å². The normalized spacial score (nSPS) is 15.7. The third-order valence-corrected chi connectivity index (χ3v) is 3.74. The lowest BCUT2D eigenvalue weighted by atomic mass is 10.1. The summed E-state index contributed by atoms with van der Waals surface area (Å²) in [6.07, 6.45) is 1.83. The van der Waals surface area contributed by atoms with Crippen LogP contribution in [0.5, 0.6) is 0 Å². The van der Waals surface area contributed by atoms with Gasteiger partial charge in [0.25, 0.3) is 0 Å². The third kappa shape index (κ3) is 4.07. The van der Waals surface area contributed by atoms with Gasteiger partial charge in [-0.3, -0.25) is 0 Å². The van der Waals surface area contributed by atoms with Gasteiger partial charge in [-0.2, -0.15) is 0 Å². The molecule has 1 N–H and O–H groups in total. The predicted molar refractivity (Wildman–Crippen MR) is 83.4 cm³/mol. The number of benzene rings is 1. The number of rotatable bonds is 3. The van der Waals surface area contributed by atoms with Crippen LogP contribution in [0.15, 0.2) is 29.2 Å². The highest BCUT2D eigenvalue weighted by atomic mass is 32.2. The highest BCUT2D eigenvalue weighted by Crippen LogP contribution is 2.21. The van der Waals surface area contributed by atoms with Crippen molar-refractivity contribution in [3.05, 3.63) is 24.3 Å². The van der Waals surface area contributed by atoms with Gasteiger partial charge in [0.05, 0.1) is 6.04 Å². The third-order valence-electron chi connectivity index (χ3n) is 2.99. The predicted octanol–water partition coefficient (Wildman–Crippen LogP) is 3.44. The molecule has 2 rings (SSSR count). The lowest BCUT2D eigenvalue weighted by Crippen LogP contribution is -2.57. The van der Waals surface area contributed by atoms with Crippen molar-refractivity contribution in [1.82, 2.24) is 4.90 Å². The monoisotopic (exact) mass is 294 g/mol. The molecule has 0 atom stereocenters. The number of amides is 1. The standard InChI is InChI=1S/C15H22N2O2S/c1-15(2,3)19-14(18)17-9-12(10-17)16-11-5-7-13(20-4)8-6-11/h5-8,12,16H,9-10H2,1-4H3. The molecule has 5 heteroatoms. The number of carbonyl (C=O) groups is 1. The molecule has 4 nitrogen and oxygen atoms in total. The van der Waals surface area contributed by atoms with Crippen LogP contribution < -0.4 is 5.32 Å². The summed E-state index contributed by atoms with van der Waals surface area (Å²) >= 11 is 1.73. The number of nitrogens with zero attached hydrogens (tertiary/aromatic N) is 1. The van der Waals surface area contributed by atoms with Crippen molar-refractivity contribution < 1.29 is 9.53 Å². The van der Waals surface area contributed by atoms with E-state index in [1.165, 1.54) is 4.90 Å². The van der Waals surface area contributed by atoms with Gasteiger partial charge in [-0.05, 0) is 51.3 Å². The molecule has 1 aliphatic rings. The molecule has 20 heavy (non-hydrogen) atoms. The Kier molecular flexibility index (Phi) is 4.48. The summed E-state index contributed by atoms with van der Waals surface area (Å²) < 4.78 is 5.33. The summed E-state index contributed by atoms with van der Waals surface area (Å²) in [4.78, 5) is 14.8. The zero-order chi connectivity index (χ0) is 14.8. The molecule has 0 unspecified atom stereocenters. The van der Waals surface area contributed by atoms with Crippen molar-refractivity contribution in [3.63, 3.8) is 0 Å². The summed E-state index contributed by atoms with van der Waals surface area (Å²) in [5, 5.41) is 3.42. The van der Waals surface area contributed by atoms with E-state index in [0.29, 0.717) is 19.1 Å². The Balaban J connectivity index is 1.77. The van der Waals surface area contributed by atoms with Crippen LogP contribution in [0.3, 0.4) is 0 Å². The minimum absolute atomic E-state index is 0.228. The number of thioether (sulfide) groups is 1. The van der Waals surface area contributed by atoms with Crippen LogP contribution in [0.2, 0.25) is 0 Å². The van der Waals surface area contributed by atoms with Gasteiger partial charge in [0.1, 0.15) is 5.60 Å². The Hall–Kier alpha value is -1.36. The molecule has 1 aliphatic heterocycles. The molecule has 1 heterocycles. The number of likely N-dealkylation sites (tertiary alicyclic amines) is 1. The zero-order valence-corrected chi connectivity index (χ0v) is 13.3. The molecular formula is C15H22N2O2S. The van der Waals surface area contributed by atoms with Crippen LogP contribution >= 0.6 is 11.8 Å². The molecule has 1 aromatic carbocycles. The average Bonchev–Trinajstić information content (AvgIpc) is 2.31. The van der Waals surface area contributed by atoms with E-state index in [1.54, 1.807) is 16.7 Å². The van der Waals surface area contributed by atoms with Gasteiger partial charge in [0.15, 0.2) is 0 Å². The van der Waals surface area contributed by atoms with Gasteiger partial charge in [0.2, 0.25) is 0 Å². The molecular weight excluding hydrogens is 272 g/mol. The Morgan fingerprint density at radius 3 is 2.40 bits per heavy atom. The molecule has 1 saturated heterocycles. The van der Waals surface area contributed by atoms with Crippen LogP contribution in [0.25, 0.3) is 0 Å². The van der Waals surface area contributed by atoms with E-state index in [0.717, 1.165) is 5.69 Å². The Morgan fingerprint density at radius 1 is 1.30 bits per heavy atom. The number of anilines is 1. The van der Waals surface area contributed by atoms with E-state index in [2.05, 4.69) is 35.8 Å². The van der Waals surface area contributed by atoms with Crippen molar-refractivity contribution in [2.75, 3.05) is 24.7 Å². The minimum atomic E-state index is -0.427. The van der Waals surface area contributed by atoms with Gasteiger partial charge in [-0.15, -0.1) is 11.8 Å². The van der Waals surface area contributed by atoms with E-state index in [1.807, 2.05) is 20.8 Å². The quantitative estimate of drug-likeness (QED) is 0.867. The lowest BCUT2D eigenvalue weighted by molar-refractivity contribution is 0.0105. The number of nitrogens with one attached hydrogen (secondary N) is 1. The van der Waals surface area contributed by atoms with Gasteiger partial charge in [-0.25, -0.2) is 4.79 Å². The molecule has 110 valence electrons. The van der Waals surface area contributed by atoms with E-state index in [9.17, 15) is 4.79 Å². The van der Waals surface area contributed by atoms with Crippen LogP contribution in [-0.4, -0.2) is 42.0 Å². The van der Waals surface area contributed by atoms with E-state index in [-0.39, 0.29) is 6.09 Å². The lowest BCUT2D eigenvalue weighted by Gasteiger charge is -2.40. The summed E-state index contributed by atoms with van der Waals surface area (Å²) in [6.45, 7) is 7.04. The Bertz CT molecular complexity index is 462. The topological polar surface area (TPSA) is 41.6 Å². The smallest absolute Gasteiger partial charge is 0.410 e.